The van der Waals surface area contributed by atoms with Crippen LogP contribution in [0.3, 0.4) is 0 Å². The monoisotopic (exact) mass is 436 g/mol. The molecule has 0 spiro atoms. The van der Waals surface area contributed by atoms with Crippen LogP contribution in [0.5, 0.6) is 5.75 Å². The first kappa shape index (κ1) is 23.1. The normalized spacial score (nSPS) is 13.7. The van der Waals surface area contributed by atoms with Gasteiger partial charge in [0.2, 0.25) is 5.91 Å². The van der Waals surface area contributed by atoms with Gasteiger partial charge in [0.25, 0.3) is 5.91 Å². The van der Waals surface area contributed by atoms with E-state index < -0.39 is 6.16 Å². The van der Waals surface area contributed by atoms with Gasteiger partial charge in [-0.1, -0.05) is 31.1 Å². The van der Waals surface area contributed by atoms with E-state index in [1.165, 1.54) is 25.0 Å². The Hall–Kier alpha value is -3.61. The van der Waals surface area contributed by atoms with Crippen LogP contribution < -0.4 is 15.4 Å². The lowest BCUT2D eigenvalue weighted by atomic mass is 10.1. The quantitative estimate of drug-likeness (QED) is 0.351. The average molecular weight is 437 g/mol. The second kappa shape index (κ2) is 11.7. The van der Waals surface area contributed by atoms with Gasteiger partial charge < -0.3 is 20.1 Å². The molecule has 0 atom stereocenters. The Labute approximate surface area is 187 Å². The molecule has 32 heavy (non-hydrogen) atoms. The number of carbonyl (C=O) groups excluding carboxylic acids is 3. The van der Waals surface area contributed by atoms with Gasteiger partial charge in [0, 0.05) is 17.8 Å². The van der Waals surface area contributed by atoms with Crippen molar-refractivity contribution in [3.63, 3.8) is 0 Å². The number of carbonyl (C=O) groups is 3. The van der Waals surface area contributed by atoms with Gasteiger partial charge in [0.1, 0.15) is 5.75 Å². The Bertz CT molecular complexity index is 963. The minimum Gasteiger partial charge on any atom is -0.434 e. The highest BCUT2D eigenvalue weighted by atomic mass is 16.7. The smallest absolute Gasteiger partial charge is 0.434 e. The Morgan fingerprint density at radius 3 is 2.53 bits per heavy atom. The van der Waals surface area contributed by atoms with Crippen molar-refractivity contribution in [2.75, 3.05) is 11.9 Å². The summed E-state index contributed by atoms with van der Waals surface area (Å²) in [7, 11) is 0. The van der Waals surface area contributed by atoms with Crippen molar-refractivity contribution in [1.29, 1.82) is 0 Å². The van der Waals surface area contributed by atoms with Crippen LogP contribution in [0.15, 0.2) is 60.7 Å². The van der Waals surface area contributed by atoms with E-state index in [2.05, 4.69) is 10.6 Å². The zero-order valence-corrected chi connectivity index (χ0v) is 18.1. The Balaban J connectivity index is 1.49. The fraction of sp³-hybridized carbons (Fsp3) is 0.320. The van der Waals surface area contributed by atoms with E-state index >= 15 is 0 Å². The number of rotatable bonds is 8. The first-order valence-electron chi connectivity index (χ1n) is 10.8. The van der Waals surface area contributed by atoms with Crippen LogP contribution in [-0.2, 0) is 16.1 Å². The molecule has 2 N–H and O–H groups in total. The maximum Gasteiger partial charge on any atom is 0.513 e. The SMILES string of the molecule is CCOC(=O)Oc1ccc(C(=O)NCc2cccc(NC(=O)/C=C/C3CCCC3)c2)cc1. The zero-order valence-electron chi connectivity index (χ0n) is 18.1. The molecule has 0 unspecified atom stereocenters. The summed E-state index contributed by atoms with van der Waals surface area (Å²) in [6.45, 7) is 2.22. The van der Waals surface area contributed by atoms with Crippen molar-refractivity contribution < 1.29 is 23.9 Å². The van der Waals surface area contributed by atoms with E-state index in [4.69, 9.17) is 9.47 Å². The highest BCUT2D eigenvalue weighted by molar-refractivity contribution is 5.99. The van der Waals surface area contributed by atoms with Gasteiger partial charge in [0.05, 0.1) is 6.61 Å². The van der Waals surface area contributed by atoms with Gasteiger partial charge in [-0.25, -0.2) is 4.79 Å². The van der Waals surface area contributed by atoms with E-state index in [-0.39, 0.29) is 18.4 Å². The molecule has 2 aromatic carbocycles. The largest absolute Gasteiger partial charge is 0.513 e. The molecule has 2 amide bonds. The minimum atomic E-state index is -0.786. The summed E-state index contributed by atoms with van der Waals surface area (Å²) in [6.07, 6.45) is 7.59. The standard InChI is InChI=1S/C25H28N2O5/c1-2-31-25(30)32-22-13-11-20(12-14-22)24(29)26-17-19-8-5-9-21(16-19)27-23(28)15-10-18-6-3-4-7-18/h5,8-16,18H,2-4,6-7,17H2,1H3,(H,26,29)(H,27,28)/b15-10+. The number of benzene rings is 2. The molecule has 1 saturated carbocycles. The second-order valence-corrected chi connectivity index (χ2v) is 7.59. The molecule has 0 radical (unpaired) electrons. The molecule has 7 nitrogen and oxygen atoms in total. The average Bonchev–Trinajstić information content (AvgIpc) is 3.31. The van der Waals surface area contributed by atoms with Crippen LogP contribution in [0.4, 0.5) is 10.5 Å². The summed E-state index contributed by atoms with van der Waals surface area (Å²) in [5, 5.41) is 5.71. The van der Waals surface area contributed by atoms with Crippen LogP contribution in [0, 0.1) is 5.92 Å². The number of allylic oxidation sites excluding steroid dienone is 1. The first-order chi connectivity index (χ1) is 15.5. The van der Waals surface area contributed by atoms with Crippen LogP contribution in [-0.4, -0.2) is 24.6 Å². The molecule has 0 saturated heterocycles. The molecule has 0 heterocycles. The number of ether oxygens (including phenoxy) is 2. The fourth-order valence-electron chi connectivity index (χ4n) is 3.52. The van der Waals surface area contributed by atoms with E-state index in [1.54, 1.807) is 25.1 Å². The molecule has 1 fully saturated rings. The maximum atomic E-state index is 12.4. The van der Waals surface area contributed by atoms with Crippen LogP contribution >= 0.6 is 0 Å². The maximum absolute atomic E-state index is 12.4. The molecule has 1 aliphatic carbocycles. The lowest BCUT2D eigenvalue weighted by molar-refractivity contribution is -0.111. The lowest BCUT2D eigenvalue weighted by Crippen LogP contribution is -2.22. The van der Waals surface area contributed by atoms with Gasteiger partial charge in [-0.15, -0.1) is 0 Å². The third-order valence-electron chi connectivity index (χ3n) is 5.15. The molecular weight excluding hydrogens is 408 g/mol. The molecule has 1 aliphatic rings. The van der Waals surface area contributed by atoms with Gasteiger partial charge in [-0.05, 0) is 73.7 Å². The summed E-state index contributed by atoms with van der Waals surface area (Å²) in [5.74, 6) is 0.392. The van der Waals surface area contributed by atoms with Crippen molar-refractivity contribution in [2.24, 2.45) is 5.92 Å². The molecule has 0 aromatic heterocycles. The van der Waals surface area contributed by atoms with Crippen LogP contribution in [0.2, 0.25) is 0 Å². The summed E-state index contributed by atoms with van der Waals surface area (Å²) in [4.78, 5) is 35.9. The van der Waals surface area contributed by atoms with Gasteiger partial charge in [0.15, 0.2) is 0 Å². The van der Waals surface area contributed by atoms with E-state index in [0.717, 1.165) is 18.4 Å². The van der Waals surface area contributed by atoms with Crippen molar-refractivity contribution in [3.05, 3.63) is 71.8 Å². The van der Waals surface area contributed by atoms with Crippen LogP contribution in [0.1, 0.15) is 48.5 Å². The van der Waals surface area contributed by atoms with Gasteiger partial charge >= 0.3 is 6.16 Å². The van der Waals surface area contributed by atoms with E-state index in [9.17, 15) is 14.4 Å². The van der Waals surface area contributed by atoms with Crippen LogP contribution in [0.25, 0.3) is 0 Å². The predicted octanol–water partition coefficient (Wildman–Crippen LogP) is 4.84. The molecular formula is C25H28N2O5. The topological polar surface area (TPSA) is 93.7 Å². The molecule has 168 valence electrons. The Morgan fingerprint density at radius 2 is 1.81 bits per heavy atom. The number of amides is 2. The van der Waals surface area contributed by atoms with Crippen molar-refractivity contribution in [1.82, 2.24) is 5.32 Å². The summed E-state index contributed by atoms with van der Waals surface area (Å²) in [5.41, 5.74) is 1.97. The zero-order chi connectivity index (χ0) is 22.8. The third-order valence-corrected chi connectivity index (χ3v) is 5.15. The van der Waals surface area contributed by atoms with E-state index in [1.807, 2.05) is 30.3 Å². The molecule has 0 bridgehead atoms. The summed E-state index contributed by atoms with van der Waals surface area (Å²) < 4.78 is 9.69. The molecule has 0 aliphatic heterocycles. The highest BCUT2D eigenvalue weighted by Crippen LogP contribution is 2.25. The van der Waals surface area contributed by atoms with Crippen molar-refractivity contribution in [3.8, 4) is 5.75 Å². The van der Waals surface area contributed by atoms with Crippen molar-refractivity contribution >= 4 is 23.7 Å². The number of nitrogens with one attached hydrogen (secondary N) is 2. The number of hydrogen-bond acceptors (Lipinski definition) is 5. The Kier molecular flexibility index (Phi) is 8.43. The van der Waals surface area contributed by atoms with Crippen molar-refractivity contribution in [2.45, 2.75) is 39.2 Å². The molecule has 7 heteroatoms. The van der Waals surface area contributed by atoms with Gasteiger partial charge in [-0.3, -0.25) is 9.59 Å². The van der Waals surface area contributed by atoms with E-state index in [0.29, 0.717) is 29.5 Å². The predicted molar refractivity (Wildman–Crippen MR) is 121 cm³/mol. The lowest BCUT2D eigenvalue weighted by Gasteiger charge is -2.09. The fourth-order valence-corrected chi connectivity index (χ4v) is 3.52. The highest BCUT2D eigenvalue weighted by Gasteiger charge is 2.12. The third kappa shape index (κ3) is 7.27. The molecule has 2 aromatic rings. The summed E-state index contributed by atoms with van der Waals surface area (Å²) >= 11 is 0. The number of hydrogen-bond donors (Lipinski definition) is 2. The van der Waals surface area contributed by atoms with Gasteiger partial charge in [-0.2, -0.15) is 0 Å². The first-order valence-corrected chi connectivity index (χ1v) is 10.8. The summed E-state index contributed by atoms with van der Waals surface area (Å²) in [6, 6.07) is 13.5. The minimum absolute atomic E-state index is 0.150. The number of anilines is 1. The molecule has 3 rings (SSSR count). The second-order valence-electron chi connectivity index (χ2n) is 7.59. The Morgan fingerprint density at radius 1 is 1.06 bits per heavy atom.